The van der Waals surface area contributed by atoms with Gasteiger partial charge in [0.25, 0.3) is 0 Å². The molecule has 2 amide bonds. The highest BCUT2D eigenvalue weighted by Crippen LogP contribution is 2.28. The molecule has 2 unspecified atom stereocenters. The summed E-state index contributed by atoms with van der Waals surface area (Å²) in [5.41, 5.74) is -0.474. The van der Waals surface area contributed by atoms with Crippen LogP contribution in [0.5, 0.6) is 0 Å². The number of amides is 2. The van der Waals surface area contributed by atoms with Crippen molar-refractivity contribution in [1.82, 2.24) is 20.4 Å². The maximum Gasteiger partial charge on any atom is 0.410 e. The van der Waals surface area contributed by atoms with E-state index in [-0.39, 0.29) is 42.0 Å². The van der Waals surface area contributed by atoms with E-state index in [9.17, 15) is 9.59 Å². The zero-order valence-corrected chi connectivity index (χ0v) is 23.2. The molecule has 8 nitrogen and oxygen atoms in total. The zero-order valence-electron chi connectivity index (χ0n) is 20.9. The van der Waals surface area contributed by atoms with E-state index in [0.717, 1.165) is 64.2 Å². The van der Waals surface area contributed by atoms with Crippen LogP contribution in [-0.2, 0) is 9.53 Å². The van der Waals surface area contributed by atoms with Crippen LogP contribution in [0.25, 0.3) is 0 Å². The van der Waals surface area contributed by atoms with Gasteiger partial charge in [0.2, 0.25) is 5.91 Å². The summed E-state index contributed by atoms with van der Waals surface area (Å²) >= 11 is 0. The number of ether oxygens (including phenoxy) is 1. The van der Waals surface area contributed by atoms with Crippen LogP contribution < -0.4 is 10.6 Å². The predicted molar refractivity (Wildman–Crippen MR) is 142 cm³/mol. The second-order valence-corrected chi connectivity index (χ2v) is 10.5. The Morgan fingerprint density at radius 3 is 2.39 bits per heavy atom. The topological polar surface area (TPSA) is 86.3 Å². The Hall–Kier alpha value is -1.26. The van der Waals surface area contributed by atoms with Crippen molar-refractivity contribution in [1.29, 1.82) is 0 Å². The first kappa shape index (κ1) is 28.0. The molecule has 0 bridgehead atoms. The Labute approximate surface area is 216 Å². The number of carbonyl (C=O) groups excluding carboxylic acids is 2. The summed E-state index contributed by atoms with van der Waals surface area (Å²) in [5, 5.41) is 6.88. The lowest BCUT2D eigenvalue weighted by molar-refractivity contribution is -0.134. The first-order valence-electron chi connectivity index (χ1n) is 12.6. The maximum absolute atomic E-state index is 12.7. The van der Waals surface area contributed by atoms with E-state index in [1.807, 2.05) is 30.6 Å². The molecule has 3 fully saturated rings. The van der Waals surface area contributed by atoms with Crippen molar-refractivity contribution in [2.75, 3.05) is 39.3 Å². The fourth-order valence-electron chi connectivity index (χ4n) is 4.95. The third kappa shape index (κ3) is 8.79. The van der Waals surface area contributed by atoms with Gasteiger partial charge in [-0.2, -0.15) is 0 Å². The van der Waals surface area contributed by atoms with E-state index in [1.165, 1.54) is 12.8 Å². The predicted octanol–water partition coefficient (Wildman–Crippen LogP) is 3.60. The summed E-state index contributed by atoms with van der Waals surface area (Å²) in [5.74, 6) is 1.73. The molecule has 3 aliphatic rings. The fourth-order valence-corrected chi connectivity index (χ4v) is 4.95. The highest BCUT2D eigenvalue weighted by atomic mass is 127. The Morgan fingerprint density at radius 1 is 1.00 bits per heavy atom. The number of nitrogens with zero attached hydrogens (tertiary/aromatic N) is 3. The summed E-state index contributed by atoms with van der Waals surface area (Å²) in [6.07, 6.45) is 7.26. The van der Waals surface area contributed by atoms with Crippen LogP contribution in [0.1, 0.15) is 72.6 Å². The van der Waals surface area contributed by atoms with E-state index < -0.39 is 5.60 Å². The van der Waals surface area contributed by atoms with Gasteiger partial charge in [-0.1, -0.05) is 12.8 Å². The number of aliphatic imine (C=N–C) groups is 1. The van der Waals surface area contributed by atoms with Crippen molar-refractivity contribution in [3.63, 3.8) is 0 Å². The average Bonchev–Trinajstić information content (AvgIpc) is 3.43. The minimum atomic E-state index is -0.474. The molecule has 2 aliphatic heterocycles. The molecule has 2 heterocycles. The largest absolute Gasteiger partial charge is 0.444 e. The summed E-state index contributed by atoms with van der Waals surface area (Å²) in [6, 6.07) is 0.239. The molecule has 33 heavy (non-hydrogen) atoms. The quantitative estimate of drug-likeness (QED) is 0.297. The van der Waals surface area contributed by atoms with Crippen LogP contribution in [0, 0.1) is 11.8 Å². The second kappa shape index (κ2) is 13.0. The third-order valence-electron chi connectivity index (χ3n) is 6.57. The molecule has 3 rings (SSSR count). The van der Waals surface area contributed by atoms with Gasteiger partial charge in [0.15, 0.2) is 5.96 Å². The molecule has 2 atom stereocenters. The van der Waals surface area contributed by atoms with Gasteiger partial charge in [-0.15, -0.1) is 24.0 Å². The SMILES string of the molecule is CCNC(=NCC1CCCN(C(=O)OC(C)(C)C)C1)NC1CCN(C(=O)C2CCCC2)C1.I. The summed E-state index contributed by atoms with van der Waals surface area (Å²) in [7, 11) is 0. The Balaban J connectivity index is 0.00000385. The van der Waals surface area contributed by atoms with Gasteiger partial charge < -0.3 is 25.2 Å². The minimum Gasteiger partial charge on any atom is -0.444 e. The molecule has 0 aromatic heterocycles. The van der Waals surface area contributed by atoms with Gasteiger partial charge in [0.1, 0.15) is 5.60 Å². The molecule has 0 radical (unpaired) electrons. The van der Waals surface area contributed by atoms with Crippen LogP contribution in [0.15, 0.2) is 4.99 Å². The number of carbonyl (C=O) groups is 2. The van der Waals surface area contributed by atoms with Crippen molar-refractivity contribution in [3.05, 3.63) is 0 Å². The van der Waals surface area contributed by atoms with Crippen molar-refractivity contribution >= 4 is 41.9 Å². The van der Waals surface area contributed by atoms with Gasteiger partial charge in [-0.3, -0.25) is 9.79 Å². The summed E-state index contributed by atoms with van der Waals surface area (Å²) in [4.78, 5) is 33.8. The molecule has 190 valence electrons. The lowest BCUT2D eigenvalue weighted by Gasteiger charge is -2.33. The Bertz CT molecular complexity index is 676. The number of hydrogen-bond acceptors (Lipinski definition) is 4. The number of halogens is 1. The van der Waals surface area contributed by atoms with Crippen LogP contribution in [0.2, 0.25) is 0 Å². The zero-order chi connectivity index (χ0) is 23.1. The Morgan fingerprint density at radius 2 is 1.73 bits per heavy atom. The molecule has 0 aromatic rings. The van der Waals surface area contributed by atoms with Crippen LogP contribution in [-0.4, -0.2) is 78.7 Å². The first-order chi connectivity index (χ1) is 15.2. The van der Waals surface area contributed by atoms with Gasteiger partial charge in [0.05, 0.1) is 0 Å². The van der Waals surface area contributed by atoms with Crippen LogP contribution in [0.3, 0.4) is 0 Å². The lowest BCUT2D eigenvalue weighted by Crippen LogP contribution is -2.46. The van der Waals surface area contributed by atoms with Gasteiger partial charge >= 0.3 is 6.09 Å². The second-order valence-electron chi connectivity index (χ2n) is 10.5. The highest BCUT2D eigenvalue weighted by Gasteiger charge is 2.33. The summed E-state index contributed by atoms with van der Waals surface area (Å²) in [6.45, 7) is 12.3. The molecule has 9 heteroatoms. The maximum atomic E-state index is 12.7. The molecule has 0 spiro atoms. The van der Waals surface area contributed by atoms with Crippen molar-refractivity contribution < 1.29 is 14.3 Å². The van der Waals surface area contributed by atoms with E-state index in [4.69, 9.17) is 9.73 Å². The standard InChI is InChI=1S/C24H43N5O3.HI/c1-5-25-22(27-20-12-14-28(17-20)21(30)19-10-6-7-11-19)26-15-18-9-8-13-29(16-18)23(31)32-24(2,3)4;/h18-20H,5-17H2,1-4H3,(H2,25,26,27);1H. The molecule has 2 saturated heterocycles. The highest BCUT2D eigenvalue weighted by molar-refractivity contribution is 14.0. The molecule has 0 aromatic carbocycles. The van der Waals surface area contributed by atoms with Crippen LogP contribution in [0.4, 0.5) is 4.79 Å². The average molecular weight is 578 g/mol. The van der Waals surface area contributed by atoms with E-state index >= 15 is 0 Å². The van der Waals surface area contributed by atoms with Crippen molar-refractivity contribution in [3.8, 4) is 0 Å². The fraction of sp³-hybridized carbons (Fsp3) is 0.875. The monoisotopic (exact) mass is 577 g/mol. The number of rotatable bonds is 5. The van der Waals surface area contributed by atoms with Crippen molar-refractivity contribution in [2.45, 2.75) is 84.3 Å². The molecular formula is C24H44IN5O3. The number of hydrogen-bond donors (Lipinski definition) is 2. The number of nitrogens with one attached hydrogen (secondary N) is 2. The van der Waals surface area contributed by atoms with E-state index in [1.54, 1.807) is 0 Å². The molecule has 2 N–H and O–H groups in total. The molecule has 1 saturated carbocycles. The van der Waals surface area contributed by atoms with Gasteiger partial charge in [-0.05, 0) is 65.7 Å². The number of likely N-dealkylation sites (tertiary alicyclic amines) is 2. The van der Waals surface area contributed by atoms with Gasteiger partial charge in [-0.25, -0.2) is 4.79 Å². The van der Waals surface area contributed by atoms with E-state index in [2.05, 4.69) is 17.6 Å². The van der Waals surface area contributed by atoms with Crippen LogP contribution >= 0.6 is 24.0 Å². The summed E-state index contributed by atoms with van der Waals surface area (Å²) < 4.78 is 5.54. The smallest absolute Gasteiger partial charge is 0.410 e. The van der Waals surface area contributed by atoms with Gasteiger partial charge in [0, 0.05) is 51.2 Å². The molecule has 1 aliphatic carbocycles. The number of guanidine groups is 1. The normalized spacial score (nSPS) is 24.4. The number of piperidine rings is 1. The van der Waals surface area contributed by atoms with E-state index in [0.29, 0.717) is 24.9 Å². The first-order valence-corrected chi connectivity index (χ1v) is 12.6. The minimum absolute atomic E-state index is 0. The van der Waals surface area contributed by atoms with Crippen molar-refractivity contribution in [2.24, 2.45) is 16.8 Å². The molecular weight excluding hydrogens is 533 g/mol. The lowest BCUT2D eigenvalue weighted by atomic mass is 9.98. The Kier molecular flexibility index (Phi) is 11.0. The third-order valence-corrected chi connectivity index (χ3v) is 6.57.